The SMILES string of the molecule is CCNC(Cn1nnc2ccccc2c1=O)C1CCCC1. The van der Waals surface area contributed by atoms with Crippen molar-refractivity contribution in [3.05, 3.63) is 34.6 Å². The monoisotopic (exact) mass is 286 g/mol. The zero-order valence-corrected chi connectivity index (χ0v) is 12.5. The second-order valence-corrected chi connectivity index (χ2v) is 5.80. The van der Waals surface area contributed by atoms with Gasteiger partial charge in [-0.1, -0.05) is 37.1 Å². The minimum Gasteiger partial charge on any atom is -0.312 e. The predicted octanol–water partition coefficient (Wildman–Crippen LogP) is 1.96. The molecule has 1 aromatic carbocycles. The number of benzene rings is 1. The Labute approximate surface area is 124 Å². The third-order valence-corrected chi connectivity index (χ3v) is 4.43. The fraction of sp³-hybridized carbons (Fsp3) is 0.562. The third-order valence-electron chi connectivity index (χ3n) is 4.43. The van der Waals surface area contributed by atoms with E-state index in [4.69, 9.17) is 0 Å². The van der Waals surface area contributed by atoms with Crippen LogP contribution in [0.1, 0.15) is 32.6 Å². The van der Waals surface area contributed by atoms with Crippen molar-refractivity contribution in [2.75, 3.05) is 6.54 Å². The molecule has 5 heteroatoms. The fourth-order valence-electron chi connectivity index (χ4n) is 3.33. The smallest absolute Gasteiger partial charge is 0.277 e. The predicted molar refractivity (Wildman–Crippen MR) is 83.2 cm³/mol. The van der Waals surface area contributed by atoms with Crippen LogP contribution >= 0.6 is 0 Å². The highest BCUT2D eigenvalue weighted by Gasteiger charge is 2.25. The lowest BCUT2D eigenvalue weighted by molar-refractivity contribution is 0.308. The van der Waals surface area contributed by atoms with Gasteiger partial charge in [-0.05, 0) is 37.4 Å². The summed E-state index contributed by atoms with van der Waals surface area (Å²) in [5.74, 6) is 0.644. The van der Waals surface area contributed by atoms with Crippen LogP contribution in [0, 0.1) is 5.92 Å². The number of hydrogen-bond donors (Lipinski definition) is 1. The first kappa shape index (κ1) is 14.2. The first-order chi connectivity index (χ1) is 10.3. The van der Waals surface area contributed by atoms with Crippen molar-refractivity contribution < 1.29 is 0 Å². The maximum absolute atomic E-state index is 12.5. The second kappa shape index (κ2) is 6.35. The molecule has 1 heterocycles. The van der Waals surface area contributed by atoms with Crippen LogP contribution in [0.4, 0.5) is 0 Å². The van der Waals surface area contributed by atoms with Gasteiger partial charge in [0.15, 0.2) is 0 Å². The molecule has 1 unspecified atom stereocenters. The first-order valence-corrected chi connectivity index (χ1v) is 7.85. The summed E-state index contributed by atoms with van der Waals surface area (Å²) in [4.78, 5) is 12.5. The van der Waals surface area contributed by atoms with E-state index in [-0.39, 0.29) is 5.56 Å². The Morgan fingerprint density at radius 2 is 2.10 bits per heavy atom. The Morgan fingerprint density at radius 3 is 2.86 bits per heavy atom. The van der Waals surface area contributed by atoms with Gasteiger partial charge in [0.2, 0.25) is 0 Å². The number of likely N-dealkylation sites (N-methyl/N-ethyl adjacent to an activating group) is 1. The molecule has 112 valence electrons. The molecule has 0 amide bonds. The second-order valence-electron chi connectivity index (χ2n) is 5.80. The molecule has 0 bridgehead atoms. The lowest BCUT2D eigenvalue weighted by Gasteiger charge is -2.24. The summed E-state index contributed by atoms with van der Waals surface area (Å²) in [6.45, 7) is 3.63. The number of nitrogens with zero attached hydrogens (tertiary/aromatic N) is 3. The summed E-state index contributed by atoms with van der Waals surface area (Å²) in [6, 6.07) is 7.70. The van der Waals surface area contributed by atoms with Gasteiger partial charge < -0.3 is 5.32 Å². The van der Waals surface area contributed by atoms with Gasteiger partial charge in [-0.25, -0.2) is 4.68 Å². The van der Waals surface area contributed by atoms with Crippen LogP contribution in [0.5, 0.6) is 0 Å². The molecule has 3 rings (SSSR count). The molecule has 0 aliphatic heterocycles. The van der Waals surface area contributed by atoms with Crippen molar-refractivity contribution in [3.8, 4) is 0 Å². The topological polar surface area (TPSA) is 59.8 Å². The molecule has 0 saturated heterocycles. The van der Waals surface area contributed by atoms with Gasteiger partial charge in [0.05, 0.1) is 11.9 Å². The summed E-state index contributed by atoms with van der Waals surface area (Å²) in [7, 11) is 0. The lowest BCUT2D eigenvalue weighted by atomic mass is 9.98. The van der Waals surface area contributed by atoms with Crippen LogP contribution < -0.4 is 10.9 Å². The number of aromatic nitrogens is 3. The molecule has 1 fully saturated rings. The maximum Gasteiger partial charge on any atom is 0.277 e. The van der Waals surface area contributed by atoms with E-state index in [2.05, 4.69) is 22.6 Å². The highest BCUT2D eigenvalue weighted by Crippen LogP contribution is 2.28. The maximum atomic E-state index is 12.5. The molecule has 1 saturated carbocycles. The van der Waals surface area contributed by atoms with Gasteiger partial charge in [0.1, 0.15) is 5.52 Å². The molecular weight excluding hydrogens is 264 g/mol. The van der Waals surface area contributed by atoms with Crippen molar-refractivity contribution in [2.45, 2.75) is 45.2 Å². The zero-order valence-electron chi connectivity index (χ0n) is 12.5. The van der Waals surface area contributed by atoms with E-state index >= 15 is 0 Å². The van der Waals surface area contributed by atoms with Crippen molar-refractivity contribution in [1.82, 2.24) is 20.3 Å². The van der Waals surface area contributed by atoms with Crippen LogP contribution in [0.3, 0.4) is 0 Å². The summed E-state index contributed by atoms with van der Waals surface area (Å²) in [6.07, 6.45) is 5.08. The van der Waals surface area contributed by atoms with Gasteiger partial charge in [-0.2, -0.15) is 0 Å². The Kier molecular flexibility index (Phi) is 4.29. The lowest BCUT2D eigenvalue weighted by Crippen LogP contribution is -2.42. The summed E-state index contributed by atoms with van der Waals surface area (Å²) in [5.41, 5.74) is 0.626. The highest BCUT2D eigenvalue weighted by molar-refractivity contribution is 5.76. The van der Waals surface area contributed by atoms with E-state index in [1.54, 1.807) is 0 Å². The average Bonchev–Trinajstić information content (AvgIpc) is 3.04. The molecule has 1 aliphatic carbocycles. The summed E-state index contributed by atoms with van der Waals surface area (Å²) < 4.78 is 1.52. The molecule has 0 spiro atoms. The van der Waals surface area contributed by atoms with Crippen LogP contribution in [0.25, 0.3) is 10.9 Å². The molecule has 1 atom stereocenters. The minimum absolute atomic E-state index is 0.0403. The zero-order chi connectivity index (χ0) is 14.7. The highest BCUT2D eigenvalue weighted by atomic mass is 16.1. The van der Waals surface area contributed by atoms with Gasteiger partial charge in [-0.15, -0.1) is 5.10 Å². The summed E-state index contributed by atoms with van der Waals surface area (Å²) >= 11 is 0. The quantitative estimate of drug-likeness (QED) is 0.913. The minimum atomic E-state index is -0.0403. The molecule has 1 aliphatic rings. The van der Waals surface area contributed by atoms with Crippen molar-refractivity contribution in [1.29, 1.82) is 0 Å². The van der Waals surface area contributed by atoms with Gasteiger partial charge in [0, 0.05) is 6.04 Å². The van der Waals surface area contributed by atoms with Gasteiger partial charge in [-0.3, -0.25) is 4.79 Å². The third kappa shape index (κ3) is 2.97. The number of nitrogens with one attached hydrogen (secondary N) is 1. The Balaban J connectivity index is 1.88. The van der Waals surface area contributed by atoms with E-state index in [1.165, 1.54) is 30.4 Å². The number of rotatable bonds is 5. The summed E-state index contributed by atoms with van der Waals surface area (Å²) in [5, 5.41) is 12.4. The van der Waals surface area contributed by atoms with E-state index < -0.39 is 0 Å². The van der Waals surface area contributed by atoms with Crippen LogP contribution in [0.2, 0.25) is 0 Å². The molecule has 1 aromatic heterocycles. The average molecular weight is 286 g/mol. The van der Waals surface area contributed by atoms with Crippen molar-refractivity contribution in [2.24, 2.45) is 5.92 Å². The van der Waals surface area contributed by atoms with Crippen LogP contribution in [-0.2, 0) is 6.54 Å². The molecule has 5 nitrogen and oxygen atoms in total. The molecule has 21 heavy (non-hydrogen) atoms. The van der Waals surface area contributed by atoms with Crippen molar-refractivity contribution >= 4 is 10.9 Å². The van der Waals surface area contributed by atoms with E-state index in [9.17, 15) is 4.79 Å². The molecule has 1 N–H and O–H groups in total. The van der Waals surface area contributed by atoms with Gasteiger partial charge >= 0.3 is 0 Å². The first-order valence-electron chi connectivity index (χ1n) is 7.85. The molecule has 0 radical (unpaired) electrons. The van der Waals surface area contributed by atoms with E-state index in [0.29, 0.717) is 29.4 Å². The molecular formula is C16H22N4O. The van der Waals surface area contributed by atoms with E-state index in [0.717, 1.165) is 6.54 Å². The Hall–Kier alpha value is -1.75. The molecule has 2 aromatic rings. The largest absolute Gasteiger partial charge is 0.312 e. The van der Waals surface area contributed by atoms with Crippen LogP contribution in [0.15, 0.2) is 29.1 Å². The fourth-order valence-corrected chi connectivity index (χ4v) is 3.33. The normalized spacial score (nSPS) is 17.4. The standard InChI is InChI=1S/C16H22N4O/c1-2-17-15(12-7-3-4-8-12)11-20-16(21)13-9-5-6-10-14(13)18-19-20/h5-6,9-10,12,15,17H,2-4,7-8,11H2,1H3. The number of hydrogen-bond acceptors (Lipinski definition) is 4. The Bertz CT molecular complexity index is 661. The Morgan fingerprint density at radius 1 is 1.33 bits per heavy atom. The van der Waals surface area contributed by atoms with E-state index in [1.807, 2.05) is 24.3 Å². The van der Waals surface area contributed by atoms with Crippen molar-refractivity contribution in [3.63, 3.8) is 0 Å². The van der Waals surface area contributed by atoms with Crippen LogP contribution in [-0.4, -0.2) is 27.6 Å². The number of fused-ring (bicyclic) bond motifs is 1. The van der Waals surface area contributed by atoms with Gasteiger partial charge in [0.25, 0.3) is 5.56 Å².